The van der Waals surface area contributed by atoms with E-state index in [-0.39, 0.29) is 11.5 Å². The van der Waals surface area contributed by atoms with Crippen molar-refractivity contribution in [3.05, 3.63) is 41.1 Å². The van der Waals surface area contributed by atoms with Crippen LogP contribution in [0.2, 0.25) is 0 Å². The number of nitrogens with zero attached hydrogens (tertiary/aromatic N) is 3. The molecule has 5 heteroatoms. The predicted octanol–water partition coefficient (Wildman–Crippen LogP) is 2.20. The average Bonchev–Trinajstić information content (AvgIpc) is 2.78. The van der Waals surface area contributed by atoms with Crippen LogP contribution in [0.4, 0.5) is 5.82 Å². The Balaban J connectivity index is 2.24. The number of nitrogen functional groups attached to an aromatic ring is 1. The Hall–Kier alpha value is -2.17. The minimum atomic E-state index is -0.180. The molecule has 0 aliphatic rings. The number of anilines is 1. The van der Waals surface area contributed by atoms with Crippen LogP contribution >= 0.6 is 0 Å². The van der Waals surface area contributed by atoms with Crippen molar-refractivity contribution in [1.82, 2.24) is 15.0 Å². The van der Waals surface area contributed by atoms with E-state index < -0.39 is 0 Å². The van der Waals surface area contributed by atoms with Crippen LogP contribution < -0.4 is 5.73 Å². The quantitative estimate of drug-likeness (QED) is 0.834. The molecule has 0 saturated carbocycles. The lowest BCUT2D eigenvalue weighted by Crippen LogP contribution is -2.09. The van der Waals surface area contributed by atoms with E-state index in [1.54, 1.807) is 16.8 Å². The van der Waals surface area contributed by atoms with Gasteiger partial charge in [-0.3, -0.25) is 4.79 Å². The van der Waals surface area contributed by atoms with Crippen molar-refractivity contribution in [2.24, 2.45) is 0 Å². The van der Waals surface area contributed by atoms with Gasteiger partial charge in [0.25, 0.3) is 0 Å². The molecule has 5 nitrogen and oxygen atoms in total. The van der Waals surface area contributed by atoms with E-state index in [4.69, 9.17) is 5.73 Å². The largest absolute Gasteiger partial charge is 0.382 e. The Morgan fingerprint density at radius 1 is 1.32 bits per heavy atom. The molecule has 0 radical (unpaired) electrons. The molecule has 19 heavy (non-hydrogen) atoms. The normalized spacial score (nSPS) is 10.6. The van der Waals surface area contributed by atoms with E-state index in [1.165, 1.54) is 0 Å². The van der Waals surface area contributed by atoms with Gasteiger partial charge in [0.05, 0.1) is 0 Å². The summed E-state index contributed by atoms with van der Waals surface area (Å²) in [4.78, 5) is 12.3. The molecule has 0 atom stereocenters. The third kappa shape index (κ3) is 2.81. The maximum atomic E-state index is 12.3. The van der Waals surface area contributed by atoms with Crippen molar-refractivity contribution in [2.45, 2.75) is 33.2 Å². The van der Waals surface area contributed by atoms with Crippen LogP contribution in [0, 0.1) is 6.92 Å². The fraction of sp³-hybridized carbons (Fsp3) is 0.357. The molecule has 0 aliphatic carbocycles. The summed E-state index contributed by atoms with van der Waals surface area (Å²) < 4.78 is 1.59. The van der Waals surface area contributed by atoms with Crippen LogP contribution in [0.5, 0.6) is 0 Å². The van der Waals surface area contributed by atoms with Crippen LogP contribution in [0.15, 0.2) is 24.3 Å². The summed E-state index contributed by atoms with van der Waals surface area (Å²) >= 11 is 0. The fourth-order valence-electron chi connectivity index (χ4n) is 1.80. The molecule has 0 aliphatic heterocycles. The zero-order valence-electron chi connectivity index (χ0n) is 11.3. The highest BCUT2D eigenvalue weighted by Gasteiger charge is 2.18. The Kier molecular flexibility index (Phi) is 3.94. The van der Waals surface area contributed by atoms with Gasteiger partial charge in [-0.2, -0.15) is 0 Å². The number of carbonyl (C=O) groups excluding carboxylic acids is 1. The first kappa shape index (κ1) is 13.3. The highest BCUT2D eigenvalue weighted by Crippen LogP contribution is 2.15. The summed E-state index contributed by atoms with van der Waals surface area (Å²) in [6.07, 6.45) is 2.01. The van der Waals surface area contributed by atoms with E-state index in [0.29, 0.717) is 17.9 Å². The number of rotatable bonds is 5. The molecule has 2 rings (SSSR count). The molecule has 1 heterocycles. The molecule has 0 unspecified atom stereocenters. The lowest BCUT2D eigenvalue weighted by atomic mass is 10.1. The number of carbonyl (C=O) groups is 1. The van der Waals surface area contributed by atoms with Gasteiger partial charge in [-0.15, -0.1) is 5.10 Å². The number of ketones is 1. The first-order chi connectivity index (χ1) is 9.13. The van der Waals surface area contributed by atoms with E-state index in [2.05, 4.69) is 17.2 Å². The molecule has 2 aromatic rings. The van der Waals surface area contributed by atoms with Crippen LogP contribution in [0.3, 0.4) is 0 Å². The SMILES string of the molecule is CCCCn1nnc(C(=O)c2ccc(C)cc2)c1N. The zero-order chi connectivity index (χ0) is 13.8. The summed E-state index contributed by atoms with van der Waals surface area (Å²) in [5.41, 5.74) is 7.86. The second-order valence-corrected chi connectivity index (χ2v) is 4.60. The van der Waals surface area contributed by atoms with Gasteiger partial charge in [-0.1, -0.05) is 48.4 Å². The summed E-state index contributed by atoms with van der Waals surface area (Å²) in [5.74, 6) is 0.166. The van der Waals surface area contributed by atoms with Gasteiger partial charge >= 0.3 is 0 Å². The maximum absolute atomic E-state index is 12.3. The molecular weight excluding hydrogens is 240 g/mol. The fourth-order valence-corrected chi connectivity index (χ4v) is 1.80. The summed E-state index contributed by atoms with van der Waals surface area (Å²) in [7, 11) is 0. The molecule has 0 amide bonds. The molecule has 1 aromatic carbocycles. The van der Waals surface area contributed by atoms with E-state index in [1.807, 2.05) is 19.1 Å². The summed E-state index contributed by atoms with van der Waals surface area (Å²) in [6.45, 7) is 4.76. The Bertz CT molecular complexity index is 572. The third-order valence-corrected chi connectivity index (χ3v) is 3.03. The van der Waals surface area contributed by atoms with Crippen LogP contribution in [0.25, 0.3) is 0 Å². The topological polar surface area (TPSA) is 73.8 Å². The summed E-state index contributed by atoms with van der Waals surface area (Å²) in [6, 6.07) is 7.35. The second kappa shape index (κ2) is 5.65. The van der Waals surface area contributed by atoms with Crippen LogP contribution in [0.1, 0.15) is 41.4 Å². The van der Waals surface area contributed by atoms with Crippen molar-refractivity contribution in [2.75, 3.05) is 5.73 Å². The van der Waals surface area contributed by atoms with Crippen molar-refractivity contribution < 1.29 is 4.79 Å². The van der Waals surface area contributed by atoms with Crippen molar-refractivity contribution in [3.63, 3.8) is 0 Å². The number of unbranched alkanes of at least 4 members (excludes halogenated alkanes) is 1. The van der Waals surface area contributed by atoms with Crippen molar-refractivity contribution >= 4 is 11.6 Å². The molecule has 0 saturated heterocycles. The molecule has 1 aromatic heterocycles. The molecule has 0 fully saturated rings. The molecule has 0 bridgehead atoms. The molecular formula is C14H18N4O. The van der Waals surface area contributed by atoms with E-state index >= 15 is 0 Å². The third-order valence-electron chi connectivity index (χ3n) is 3.03. The molecule has 2 N–H and O–H groups in total. The standard InChI is InChI=1S/C14H18N4O/c1-3-4-9-18-14(15)12(16-17-18)13(19)11-7-5-10(2)6-8-11/h5-8H,3-4,9,15H2,1-2H3. The van der Waals surface area contributed by atoms with Gasteiger partial charge < -0.3 is 5.73 Å². The molecule has 0 spiro atoms. The lowest BCUT2D eigenvalue weighted by molar-refractivity contribution is 0.103. The van der Waals surface area contributed by atoms with Gasteiger partial charge in [-0.05, 0) is 13.3 Å². The zero-order valence-corrected chi connectivity index (χ0v) is 11.3. The van der Waals surface area contributed by atoms with Gasteiger partial charge in [-0.25, -0.2) is 4.68 Å². The Morgan fingerprint density at radius 2 is 2.00 bits per heavy atom. The summed E-state index contributed by atoms with van der Waals surface area (Å²) in [5, 5.41) is 7.84. The van der Waals surface area contributed by atoms with Gasteiger partial charge in [0.2, 0.25) is 5.78 Å². The van der Waals surface area contributed by atoms with Gasteiger partial charge in [0, 0.05) is 12.1 Å². The average molecular weight is 258 g/mol. The number of aryl methyl sites for hydroxylation is 2. The van der Waals surface area contributed by atoms with Crippen LogP contribution in [-0.2, 0) is 6.54 Å². The van der Waals surface area contributed by atoms with Crippen molar-refractivity contribution in [3.8, 4) is 0 Å². The maximum Gasteiger partial charge on any atom is 0.217 e. The van der Waals surface area contributed by atoms with Gasteiger partial charge in [0.1, 0.15) is 0 Å². The number of hydrogen-bond donors (Lipinski definition) is 1. The Morgan fingerprint density at radius 3 is 2.63 bits per heavy atom. The number of aromatic nitrogens is 3. The predicted molar refractivity (Wildman–Crippen MR) is 74.0 cm³/mol. The minimum absolute atomic E-state index is 0.180. The van der Waals surface area contributed by atoms with E-state index in [0.717, 1.165) is 18.4 Å². The first-order valence-corrected chi connectivity index (χ1v) is 6.43. The highest BCUT2D eigenvalue weighted by atomic mass is 16.1. The molecule has 100 valence electrons. The monoisotopic (exact) mass is 258 g/mol. The van der Waals surface area contributed by atoms with Crippen LogP contribution in [-0.4, -0.2) is 20.8 Å². The smallest absolute Gasteiger partial charge is 0.217 e. The van der Waals surface area contributed by atoms with E-state index in [9.17, 15) is 4.79 Å². The second-order valence-electron chi connectivity index (χ2n) is 4.60. The highest BCUT2D eigenvalue weighted by molar-refractivity contribution is 6.10. The van der Waals surface area contributed by atoms with Crippen molar-refractivity contribution in [1.29, 1.82) is 0 Å². The number of hydrogen-bond acceptors (Lipinski definition) is 4. The number of nitrogens with two attached hydrogens (primary N) is 1. The lowest BCUT2D eigenvalue weighted by Gasteiger charge is -2.02. The number of benzene rings is 1. The van der Waals surface area contributed by atoms with Gasteiger partial charge in [0.15, 0.2) is 11.5 Å². The Labute approximate surface area is 112 Å². The first-order valence-electron chi connectivity index (χ1n) is 6.43. The minimum Gasteiger partial charge on any atom is -0.382 e.